The van der Waals surface area contributed by atoms with Gasteiger partial charge in [-0.3, -0.25) is 14.8 Å². The van der Waals surface area contributed by atoms with Gasteiger partial charge >= 0.3 is 11.9 Å². The molecule has 1 atom stereocenters. The third kappa shape index (κ3) is 4.60. The maximum Gasteiger partial charge on any atom is 0.338 e. The van der Waals surface area contributed by atoms with Gasteiger partial charge < -0.3 is 14.8 Å². The fourth-order valence-corrected chi connectivity index (χ4v) is 1.79. The van der Waals surface area contributed by atoms with E-state index in [1.165, 1.54) is 56.2 Å². The molecule has 2 aromatic rings. The number of amides is 1. The molecule has 8 heteroatoms. The fourth-order valence-electron chi connectivity index (χ4n) is 1.79. The molecule has 8 nitrogen and oxygen atoms in total. The van der Waals surface area contributed by atoms with Gasteiger partial charge in [0.1, 0.15) is 6.61 Å². The Bertz CT molecular complexity index is 706. The number of nitrogens with one attached hydrogen (secondary N) is 1. The van der Waals surface area contributed by atoms with E-state index in [4.69, 9.17) is 4.74 Å². The summed E-state index contributed by atoms with van der Waals surface area (Å²) in [5.41, 5.74) is 0.605. The van der Waals surface area contributed by atoms with E-state index in [1.54, 1.807) is 0 Å². The minimum absolute atomic E-state index is 0.286. The Hall–Kier alpha value is -3.29. The first kappa shape index (κ1) is 17.1. The zero-order valence-corrected chi connectivity index (χ0v) is 12.8. The number of carbonyl (C=O) groups excluding carboxylic acids is 3. The quantitative estimate of drug-likeness (QED) is 0.773. The van der Waals surface area contributed by atoms with Crippen molar-refractivity contribution in [1.82, 2.24) is 15.3 Å². The highest BCUT2D eigenvalue weighted by atomic mass is 16.5. The lowest BCUT2D eigenvalue weighted by atomic mass is 10.2. The van der Waals surface area contributed by atoms with Crippen molar-refractivity contribution in [3.8, 4) is 0 Å². The van der Waals surface area contributed by atoms with Crippen LogP contribution in [0.2, 0.25) is 0 Å². The maximum absolute atomic E-state index is 12.1. The number of carbonyl (C=O) groups is 3. The standard InChI is InChI=1S/C16H15N3O5/c1-23-16(22)13(19-14(20)11-2-6-17-7-3-11)10-24-15(21)12-4-8-18-9-5-12/h2-9,13H,10H2,1H3,(H,19,20)/t13-/m0/s1. The number of ether oxygens (including phenoxy) is 2. The molecule has 2 aromatic heterocycles. The van der Waals surface area contributed by atoms with Crippen molar-refractivity contribution in [3.05, 3.63) is 60.2 Å². The molecule has 0 saturated heterocycles. The Kier molecular flexibility index (Phi) is 5.95. The Morgan fingerprint density at radius 3 is 2.08 bits per heavy atom. The first-order chi connectivity index (χ1) is 11.6. The number of rotatable bonds is 6. The Balaban J connectivity index is 2.00. The van der Waals surface area contributed by atoms with Crippen molar-refractivity contribution in [3.63, 3.8) is 0 Å². The van der Waals surface area contributed by atoms with Gasteiger partial charge in [0.25, 0.3) is 5.91 Å². The van der Waals surface area contributed by atoms with Crippen LogP contribution in [0, 0.1) is 0 Å². The molecule has 0 bridgehead atoms. The number of hydrogen-bond donors (Lipinski definition) is 1. The molecule has 2 rings (SSSR count). The summed E-state index contributed by atoms with van der Waals surface area (Å²) in [7, 11) is 1.18. The zero-order chi connectivity index (χ0) is 17.4. The van der Waals surface area contributed by atoms with Crippen LogP contribution in [0.25, 0.3) is 0 Å². The minimum atomic E-state index is -1.12. The van der Waals surface area contributed by atoms with Gasteiger partial charge in [0, 0.05) is 30.4 Å². The van der Waals surface area contributed by atoms with Gasteiger partial charge in [0.15, 0.2) is 6.04 Å². The smallest absolute Gasteiger partial charge is 0.338 e. The molecule has 124 valence electrons. The van der Waals surface area contributed by atoms with Crippen molar-refractivity contribution in [2.45, 2.75) is 6.04 Å². The van der Waals surface area contributed by atoms with E-state index in [0.717, 1.165) is 0 Å². The molecule has 0 radical (unpaired) electrons. The van der Waals surface area contributed by atoms with Crippen molar-refractivity contribution in [2.75, 3.05) is 13.7 Å². The molecule has 0 spiro atoms. The van der Waals surface area contributed by atoms with Gasteiger partial charge in [-0.1, -0.05) is 0 Å². The second kappa shape index (κ2) is 8.37. The van der Waals surface area contributed by atoms with Crippen LogP contribution in [0.5, 0.6) is 0 Å². The highest BCUT2D eigenvalue weighted by molar-refractivity contribution is 5.96. The van der Waals surface area contributed by atoms with Gasteiger partial charge in [0.05, 0.1) is 12.7 Å². The molecule has 0 fully saturated rings. The molecule has 0 aliphatic heterocycles. The molecule has 2 heterocycles. The molecular weight excluding hydrogens is 314 g/mol. The lowest BCUT2D eigenvalue weighted by Gasteiger charge is -2.16. The van der Waals surface area contributed by atoms with Gasteiger partial charge in [-0.2, -0.15) is 0 Å². The van der Waals surface area contributed by atoms with E-state index in [1.807, 2.05) is 0 Å². The normalized spacial score (nSPS) is 11.2. The van der Waals surface area contributed by atoms with Crippen molar-refractivity contribution in [2.24, 2.45) is 0 Å². The number of esters is 2. The van der Waals surface area contributed by atoms with Crippen LogP contribution < -0.4 is 5.32 Å². The lowest BCUT2D eigenvalue weighted by molar-refractivity contribution is -0.143. The van der Waals surface area contributed by atoms with E-state index in [2.05, 4.69) is 20.0 Å². The molecule has 0 unspecified atom stereocenters. The van der Waals surface area contributed by atoms with Gasteiger partial charge in [-0.05, 0) is 24.3 Å². The first-order valence-electron chi connectivity index (χ1n) is 6.97. The molecule has 1 N–H and O–H groups in total. The number of hydrogen-bond acceptors (Lipinski definition) is 7. The second-order valence-corrected chi connectivity index (χ2v) is 4.62. The number of aromatic nitrogens is 2. The highest BCUT2D eigenvalue weighted by Crippen LogP contribution is 2.02. The topological polar surface area (TPSA) is 107 Å². The summed E-state index contributed by atoms with van der Waals surface area (Å²) in [6, 6.07) is 4.82. The fraction of sp³-hybridized carbons (Fsp3) is 0.188. The third-order valence-electron chi connectivity index (χ3n) is 3.03. The SMILES string of the molecule is COC(=O)[C@H](COC(=O)c1ccncc1)NC(=O)c1ccncc1. The van der Waals surface area contributed by atoms with Crippen LogP contribution in [-0.4, -0.2) is 47.6 Å². The predicted molar refractivity (Wildman–Crippen MR) is 82.0 cm³/mol. The summed E-state index contributed by atoms with van der Waals surface area (Å²) >= 11 is 0. The predicted octanol–water partition coefficient (Wildman–Crippen LogP) is 0.605. The van der Waals surface area contributed by atoms with E-state index < -0.39 is 23.9 Å². The van der Waals surface area contributed by atoms with Gasteiger partial charge in [0.2, 0.25) is 0 Å². The highest BCUT2D eigenvalue weighted by Gasteiger charge is 2.24. The largest absolute Gasteiger partial charge is 0.467 e. The summed E-state index contributed by atoms with van der Waals surface area (Å²) in [5.74, 6) is -1.86. The second-order valence-electron chi connectivity index (χ2n) is 4.62. The van der Waals surface area contributed by atoms with Crippen molar-refractivity contribution in [1.29, 1.82) is 0 Å². The number of pyridine rings is 2. The summed E-state index contributed by atoms with van der Waals surface area (Å²) < 4.78 is 9.68. The Labute approximate surface area is 137 Å². The number of methoxy groups -OCH3 is 1. The average molecular weight is 329 g/mol. The third-order valence-corrected chi connectivity index (χ3v) is 3.03. The summed E-state index contributed by atoms with van der Waals surface area (Å²) in [5, 5.41) is 2.46. The molecule has 0 aliphatic rings. The maximum atomic E-state index is 12.1. The minimum Gasteiger partial charge on any atom is -0.467 e. The average Bonchev–Trinajstić information content (AvgIpc) is 2.65. The number of nitrogens with zero attached hydrogens (tertiary/aromatic N) is 2. The van der Waals surface area contributed by atoms with Gasteiger partial charge in [-0.25, -0.2) is 9.59 Å². The van der Waals surface area contributed by atoms with Crippen LogP contribution in [0.15, 0.2) is 49.1 Å². The van der Waals surface area contributed by atoms with Crippen LogP contribution in [0.4, 0.5) is 0 Å². The van der Waals surface area contributed by atoms with Crippen LogP contribution >= 0.6 is 0 Å². The van der Waals surface area contributed by atoms with E-state index in [-0.39, 0.29) is 12.2 Å². The summed E-state index contributed by atoms with van der Waals surface area (Å²) in [6.45, 7) is -0.356. The van der Waals surface area contributed by atoms with Crippen LogP contribution in [0.3, 0.4) is 0 Å². The molecule has 1 amide bonds. The van der Waals surface area contributed by atoms with E-state index in [9.17, 15) is 14.4 Å². The molecule has 24 heavy (non-hydrogen) atoms. The molecule has 0 aromatic carbocycles. The zero-order valence-electron chi connectivity index (χ0n) is 12.8. The molecule has 0 saturated carbocycles. The summed E-state index contributed by atoms with van der Waals surface area (Å²) in [4.78, 5) is 43.4. The van der Waals surface area contributed by atoms with Gasteiger partial charge in [-0.15, -0.1) is 0 Å². The van der Waals surface area contributed by atoms with Crippen LogP contribution in [0.1, 0.15) is 20.7 Å². The molecule has 0 aliphatic carbocycles. The Morgan fingerprint density at radius 1 is 1.00 bits per heavy atom. The first-order valence-corrected chi connectivity index (χ1v) is 6.97. The monoisotopic (exact) mass is 329 g/mol. The lowest BCUT2D eigenvalue weighted by Crippen LogP contribution is -2.45. The molecular formula is C16H15N3O5. The van der Waals surface area contributed by atoms with Crippen molar-refractivity contribution < 1.29 is 23.9 Å². The summed E-state index contributed by atoms with van der Waals surface area (Å²) in [6.07, 6.45) is 5.79. The van der Waals surface area contributed by atoms with Crippen molar-refractivity contribution >= 4 is 17.8 Å². The Morgan fingerprint density at radius 2 is 1.54 bits per heavy atom. The van der Waals surface area contributed by atoms with Crippen LogP contribution in [-0.2, 0) is 14.3 Å². The van der Waals surface area contributed by atoms with E-state index >= 15 is 0 Å². The van der Waals surface area contributed by atoms with E-state index in [0.29, 0.717) is 5.56 Å².